The van der Waals surface area contributed by atoms with Crippen molar-refractivity contribution >= 4 is 15.9 Å². The Kier molecular flexibility index (Phi) is 7.42. The second kappa shape index (κ2) is 7.70. The van der Waals surface area contributed by atoms with Gasteiger partial charge in [-0.3, -0.25) is 4.79 Å². The molecule has 0 aromatic rings. The molecular weight excluding hydrogens is 254 g/mol. The third-order valence-corrected chi connectivity index (χ3v) is 3.50. The average molecular weight is 279 g/mol. The van der Waals surface area contributed by atoms with Crippen molar-refractivity contribution in [2.75, 3.05) is 40.0 Å². The van der Waals surface area contributed by atoms with Crippen molar-refractivity contribution in [3.8, 4) is 0 Å². The van der Waals surface area contributed by atoms with Crippen LogP contribution >= 0.6 is 0 Å². The molecule has 0 aliphatic rings. The molecule has 0 atom stereocenters. The molecule has 0 unspecified atom stereocenters. The van der Waals surface area contributed by atoms with Crippen LogP contribution in [0.15, 0.2) is 0 Å². The molecule has 0 aliphatic carbocycles. The first-order chi connectivity index (χ1) is 8.12. The predicted molar refractivity (Wildman–Crippen MR) is 72.9 cm³/mol. The molecule has 108 valence electrons. The summed E-state index contributed by atoms with van der Waals surface area (Å²) >= 11 is 0. The van der Waals surface area contributed by atoms with E-state index in [2.05, 4.69) is 5.32 Å². The minimum absolute atomic E-state index is 0.0145. The molecule has 1 amide bonds. The van der Waals surface area contributed by atoms with Crippen molar-refractivity contribution in [2.45, 2.75) is 26.3 Å². The fourth-order valence-electron chi connectivity index (χ4n) is 1.45. The number of sulfonamides is 1. The Bertz CT molecular complexity index is 353. The quantitative estimate of drug-likeness (QED) is 0.664. The van der Waals surface area contributed by atoms with Gasteiger partial charge in [-0.25, -0.2) is 8.42 Å². The second-order valence-electron chi connectivity index (χ2n) is 4.98. The lowest BCUT2D eigenvalue weighted by Crippen LogP contribution is -2.43. The van der Waals surface area contributed by atoms with Crippen molar-refractivity contribution in [3.63, 3.8) is 0 Å². The fraction of sp³-hybridized carbons (Fsp3) is 0.909. The molecule has 0 spiro atoms. The van der Waals surface area contributed by atoms with Gasteiger partial charge in [0, 0.05) is 12.6 Å². The lowest BCUT2D eigenvalue weighted by molar-refractivity contribution is -0.121. The molecule has 0 aliphatic heterocycles. The van der Waals surface area contributed by atoms with Gasteiger partial charge in [-0.05, 0) is 40.9 Å². The van der Waals surface area contributed by atoms with E-state index < -0.39 is 10.0 Å². The van der Waals surface area contributed by atoms with Crippen LogP contribution < -0.4 is 5.32 Å². The highest BCUT2D eigenvalue weighted by Gasteiger charge is 2.19. The first-order valence-corrected chi connectivity index (χ1v) is 7.87. The summed E-state index contributed by atoms with van der Waals surface area (Å²) in [4.78, 5) is 13.6. The van der Waals surface area contributed by atoms with Gasteiger partial charge < -0.3 is 10.2 Å². The standard InChI is InChI=1S/C11H25N3O3S/c1-10(2)12-11(15)9-14(18(5,16)17)8-6-7-13(3)4/h10H,6-9H2,1-5H3,(H,12,15). The molecule has 0 saturated heterocycles. The van der Waals surface area contributed by atoms with E-state index in [-0.39, 0.29) is 18.5 Å². The van der Waals surface area contributed by atoms with E-state index in [9.17, 15) is 13.2 Å². The monoisotopic (exact) mass is 279 g/mol. The summed E-state index contributed by atoms with van der Waals surface area (Å²) in [5, 5.41) is 2.69. The molecule has 0 radical (unpaired) electrons. The number of nitrogens with zero attached hydrogens (tertiary/aromatic N) is 2. The number of hydrogen-bond acceptors (Lipinski definition) is 4. The van der Waals surface area contributed by atoms with Crippen molar-refractivity contribution in [1.82, 2.24) is 14.5 Å². The Hall–Kier alpha value is -0.660. The molecule has 18 heavy (non-hydrogen) atoms. The highest BCUT2D eigenvalue weighted by atomic mass is 32.2. The lowest BCUT2D eigenvalue weighted by atomic mass is 10.3. The van der Waals surface area contributed by atoms with E-state index in [1.165, 1.54) is 4.31 Å². The van der Waals surface area contributed by atoms with Crippen LogP contribution in [0.25, 0.3) is 0 Å². The van der Waals surface area contributed by atoms with Gasteiger partial charge in [-0.2, -0.15) is 4.31 Å². The van der Waals surface area contributed by atoms with Gasteiger partial charge in [0.2, 0.25) is 15.9 Å². The topological polar surface area (TPSA) is 69.7 Å². The highest BCUT2D eigenvalue weighted by Crippen LogP contribution is 2.00. The molecule has 0 heterocycles. The zero-order valence-electron chi connectivity index (χ0n) is 11.9. The number of amides is 1. The van der Waals surface area contributed by atoms with Gasteiger partial charge in [0.15, 0.2) is 0 Å². The molecule has 0 bridgehead atoms. The maximum atomic E-state index is 11.6. The average Bonchev–Trinajstić information content (AvgIpc) is 2.12. The third kappa shape index (κ3) is 8.43. The molecule has 0 rings (SSSR count). The number of carbonyl (C=O) groups is 1. The van der Waals surface area contributed by atoms with Gasteiger partial charge in [0.25, 0.3) is 0 Å². The van der Waals surface area contributed by atoms with E-state index in [4.69, 9.17) is 0 Å². The molecule has 6 nitrogen and oxygen atoms in total. The Labute approximate surface area is 110 Å². The van der Waals surface area contributed by atoms with Crippen LogP contribution in [0.1, 0.15) is 20.3 Å². The number of rotatable bonds is 8. The van der Waals surface area contributed by atoms with Crippen LogP contribution in [0, 0.1) is 0 Å². The first-order valence-electron chi connectivity index (χ1n) is 6.02. The van der Waals surface area contributed by atoms with Gasteiger partial charge in [-0.1, -0.05) is 0 Å². The normalized spacial score (nSPS) is 12.4. The van der Waals surface area contributed by atoms with Crippen LogP contribution in [0.5, 0.6) is 0 Å². The molecule has 0 aromatic heterocycles. The lowest BCUT2D eigenvalue weighted by Gasteiger charge is -2.21. The molecule has 0 fully saturated rings. The summed E-state index contributed by atoms with van der Waals surface area (Å²) in [5.74, 6) is -0.264. The van der Waals surface area contributed by atoms with Crippen LogP contribution in [0.2, 0.25) is 0 Å². The van der Waals surface area contributed by atoms with Crippen LogP contribution in [0.4, 0.5) is 0 Å². The van der Waals surface area contributed by atoms with Gasteiger partial charge >= 0.3 is 0 Å². The summed E-state index contributed by atoms with van der Waals surface area (Å²) in [6.07, 6.45) is 1.83. The van der Waals surface area contributed by atoms with Crippen LogP contribution in [-0.4, -0.2) is 69.6 Å². The van der Waals surface area contributed by atoms with Crippen molar-refractivity contribution in [1.29, 1.82) is 0 Å². The fourth-order valence-corrected chi connectivity index (χ4v) is 2.27. The van der Waals surface area contributed by atoms with E-state index in [0.29, 0.717) is 13.0 Å². The van der Waals surface area contributed by atoms with Crippen LogP contribution in [0.3, 0.4) is 0 Å². The Morgan fingerprint density at radius 1 is 1.22 bits per heavy atom. The summed E-state index contributed by atoms with van der Waals surface area (Å²) < 4.78 is 24.3. The molecule has 0 saturated carbocycles. The first kappa shape index (κ1) is 17.3. The minimum Gasteiger partial charge on any atom is -0.353 e. The number of carbonyl (C=O) groups excluding carboxylic acids is 1. The SMILES string of the molecule is CC(C)NC(=O)CN(CCCN(C)C)S(C)(=O)=O. The zero-order chi connectivity index (χ0) is 14.3. The number of nitrogens with one attached hydrogen (secondary N) is 1. The van der Waals surface area contributed by atoms with Gasteiger partial charge in [0.05, 0.1) is 12.8 Å². The Morgan fingerprint density at radius 3 is 2.17 bits per heavy atom. The van der Waals surface area contributed by atoms with E-state index in [1.54, 1.807) is 0 Å². The maximum absolute atomic E-state index is 11.6. The number of hydrogen-bond donors (Lipinski definition) is 1. The smallest absolute Gasteiger partial charge is 0.235 e. The Morgan fingerprint density at radius 2 is 1.78 bits per heavy atom. The summed E-state index contributed by atoms with van der Waals surface area (Å²) in [6.45, 7) is 4.73. The maximum Gasteiger partial charge on any atom is 0.235 e. The zero-order valence-corrected chi connectivity index (χ0v) is 12.7. The summed E-state index contributed by atoms with van der Waals surface area (Å²) in [5.41, 5.74) is 0. The van der Waals surface area contributed by atoms with Gasteiger partial charge in [-0.15, -0.1) is 0 Å². The minimum atomic E-state index is -3.34. The van der Waals surface area contributed by atoms with Crippen molar-refractivity contribution < 1.29 is 13.2 Å². The largest absolute Gasteiger partial charge is 0.353 e. The predicted octanol–water partition coefficient (Wildman–Crippen LogP) is -0.276. The Balaban J connectivity index is 4.38. The molecule has 1 N–H and O–H groups in total. The molecule has 7 heteroatoms. The van der Waals surface area contributed by atoms with Gasteiger partial charge in [0.1, 0.15) is 0 Å². The van der Waals surface area contributed by atoms with E-state index in [1.807, 2.05) is 32.8 Å². The highest BCUT2D eigenvalue weighted by molar-refractivity contribution is 7.88. The third-order valence-electron chi connectivity index (χ3n) is 2.25. The van der Waals surface area contributed by atoms with E-state index >= 15 is 0 Å². The van der Waals surface area contributed by atoms with Crippen molar-refractivity contribution in [2.24, 2.45) is 0 Å². The van der Waals surface area contributed by atoms with E-state index in [0.717, 1.165) is 12.8 Å². The van der Waals surface area contributed by atoms with Crippen LogP contribution in [-0.2, 0) is 14.8 Å². The summed E-state index contributed by atoms with van der Waals surface area (Å²) in [7, 11) is 0.514. The summed E-state index contributed by atoms with van der Waals surface area (Å²) in [6, 6.07) is 0.0145. The van der Waals surface area contributed by atoms with Crippen molar-refractivity contribution in [3.05, 3.63) is 0 Å². The molecular formula is C11H25N3O3S. The molecule has 0 aromatic carbocycles. The second-order valence-corrected chi connectivity index (χ2v) is 6.96.